The van der Waals surface area contributed by atoms with Crippen LogP contribution in [0.3, 0.4) is 0 Å². The average molecular weight is 411 g/mol. The van der Waals surface area contributed by atoms with Gasteiger partial charge < -0.3 is 5.11 Å². The summed E-state index contributed by atoms with van der Waals surface area (Å²) in [6.07, 6.45) is 13.7. The first kappa shape index (κ1) is 18.8. The fraction of sp³-hybridized carbons (Fsp3) is 1.00. The van der Waals surface area contributed by atoms with Crippen molar-refractivity contribution in [2.45, 2.75) is 90.6 Å². The molecule has 0 aliphatic heterocycles. The van der Waals surface area contributed by atoms with Gasteiger partial charge in [-0.1, -0.05) is 29.8 Å². The molecule has 0 saturated heterocycles. The van der Waals surface area contributed by atoms with Gasteiger partial charge in [0.1, 0.15) is 0 Å². The third kappa shape index (κ3) is 2.96. The predicted molar refractivity (Wildman–Crippen MR) is 109 cm³/mol. The quantitative estimate of drug-likeness (QED) is 0.531. The van der Waals surface area contributed by atoms with E-state index in [0.717, 1.165) is 54.3 Å². The van der Waals surface area contributed by atoms with E-state index in [1.54, 1.807) is 0 Å². The molecule has 0 aromatic rings. The van der Waals surface area contributed by atoms with Crippen LogP contribution in [0, 0.1) is 46.8 Å². The summed E-state index contributed by atoms with van der Waals surface area (Å²) in [5.41, 5.74) is 0.279. The van der Waals surface area contributed by atoms with Crippen molar-refractivity contribution in [1.82, 2.24) is 0 Å². The molecule has 0 bridgehead atoms. The lowest BCUT2D eigenvalue weighted by Gasteiger charge is -2.58. The first-order chi connectivity index (χ1) is 11.9. The van der Waals surface area contributed by atoms with Crippen LogP contribution in [0.5, 0.6) is 0 Å². The van der Waals surface area contributed by atoms with Gasteiger partial charge in [0, 0.05) is 5.33 Å². The predicted octanol–water partition coefficient (Wildman–Crippen LogP) is 6.43. The summed E-state index contributed by atoms with van der Waals surface area (Å²) < 4.78 is 0. The normalized spacial score (nSPS) is 53.6. The molecule has 1 nitrogen and oxygen atoms in total. The standard InChI is InChI=1S/C23H39BrO/c1-4-23-12-10-18-17-9-11-22(3,25)13-16(17)5-6-19(18)21(23)8-7-20(23)15(2)14-24/h15-21,25H,4-14H2,1-3H3/t15?,16-,17+,18-,19-,20-,21+,22-,23-/m1/s1. The first-order valence-corrected chi connectivity index (χ1v) is 12.3. The van der Waals surface area contributed by atoms with Gasteiger partial charge in [-0.15, -0.1) is 0 Å². The van der Waals surface area contributed by atoms with E-state index in [-0.39, 0.29) is 5.60 Å². The van der Waals surface area contributed by atoms with Gasteiger partial charge in [-0.2, -0.15) is 0 Å². The lowest BCUT2D eigenvalue weighted by Crippen LogP contribution is -2.51. The Balaban J connectivity index is 1.56. The molecule has 0 amide bonds. The maximum absolute atomic E-state index is 10.6. The molecule has 0 aromatic carbocycles. The number of alkyl halides is 1. The van der Waals surface area contributed by atoms with Gasteiger partial charge in [0.25, 0.3) is 0 Å². The fourth-order valence-electron chi connectivity index (χ4n) is 8.59. The van der Waals surface area contributed by atoms with Crippen LogP contribution in [0.4, 0.5) is 0 Å². The van der Waals surface area contributed by atoms with Crippen molar-refractivity contribution in [3.63, 3.8) is 0 Å². The molecule has 1 unspecified atom stereocenters. The minimum Gasteiger partial charge on any atom is -0.390 e. The Morgan fingerprint density at radius 1 is 1.00 bits per heavy atom. The second-order valence-corrected chi connectivity index (χ2v) is 11.3. The Morgan fingerprint density at radius 3 is 2.48 bits per heavy atom. The third-order valence-electron chi connectivity index (χ3n) is 9.61. The molecule has 1 N–H and O–H groups in total. The minimum atomic E-state index is -0.375. The summed E-state index contributed by atoms with van der Waals surface area (Å²) in [6.45, 7) is 7.07. The van der Waals surface area contributed by atoms with Crippen molar-refractivity contribution < 1.29 is 5.11 Å². The number of hydrogen-bond donors (Lipinski definition) is 1. The topological polar surface area (TPSA) is 20.2 Å². The van der Waals surface area contributed by atoms with Crippen LogP contribution in [0.15, 0.2) is 0 Å². The smallest absolute Gasteiger partial charge is 0.0622 e. The van der Waals surface area contributed by atoms with Crippen LogP contribution in [-0.2, 0) is 0 Å². The Hall–Kier alpha value is 0.440. The Bertz CT molecular complexity index is 488. The van der Waals surface area contributed by atoms with Crippen LogP contribution in [0.2, 0.25) is 0 Å². The first-order valence-electron chi connectivity index (χ1n) is 11.2. The molecule has 4 saturated carbocycles. The average Bonchev–Trinajstić information content (AvgIpc) is 2.99. The van der Waals surface area contributed by atoms with Gasteiger partial charge in [0.05, 0.1) is 5.60 Å². The number of hydrogen-bond acceptors (Lipinski definition) is 1. The summed E-state index contributed by atoms with van der Waals surface area (Å²) in [5.74, 6) is 6.53. The van der Waals surface area contributed by atoms with Gasteiger partial charge in [0.15, 0.2) is 0 Å². The highest BCUT2D eigenvalue weighted by molar-refractivity contribution is 9.09. The Morgan fingerprint density at radius 2 is 1.76 bits per heavy atom. The summed E-state index contributed by atoms with van der Waals surface area (Å²) in [4.78, 5) is 0. The highest BCUT2D eigenvalue weighted by Gasteiger charge is 2.59. The van der Waals surface area contributed by atoms with Crippen LogP contribution in [0.1, 0.15) is 85.0 Å². The molecule has 25 heavy (non-hydrogen) atoms. The van der Waals surface area contributed by atoms with E-state index >= 15 is 0 Å². The van der Waals surface area contributed by atoms with Crippen LogP contribution < -0.4 is 0 Å². The zero-order chi connectivity index (χ0) is 17.8. The number of aliphatic hydroxyl groups is 1. The van der Waals surface area contributed by atoms with E-state index in [9.17, 15) is 5.11 Å². The molecule has 0 spiro atoms. The van der Waals surface area contributed by atoms with Gasteiger partial charge in [-0.25, -0.2) is 0 Å². The monoisotopic (exact) mass is 410 g/mol. The Kier molecular flexibility index (Phi) is 5.11. The molecule has 9 atom stereocenters. The molecule has 4 rings (SSSR count). The van der Waals surface area contributed by atoms with Crippen LogP contribution in [-0.4, -0.2) is 16.0 Å². The molecular weight excluding hydrogens is 372 g/mol. The maximum atomic E-state index is 10.6. The van der Waals surface area contributed by atoms with Crippen LogP contribution in [0.25, 0.3) is 0 Å². The van der Waals surface area contributed by atoms with E-state index in [4.69, 9.17) is 0 Å². The molecule has 2 heteroatoms. The van der Waals surface area contributed by atoms with Crippen molar-refractivity contribution in [2.24, 2.45) is 46.8 Å². The number of halogens is 1. The molecule has 4 aliphatic rings. The van der Waals surface area contributed by atoms with E-state index in [0.29, 0.717) is 5.41 Å². The SMILES string of the molecule is CC[C@]12CC[C@H]3[C@@H](CC[C@@H]4C[C@](C)(O)CC[C@@H]43)[C@@H]1CC[C@@H]2C(C)CBr. The highest BCUT2D eigenvalue weighted by atomic mass is 79.9. The van der Waals surface area contributed by atoms with Crippen molar-refractivity contribution in [2.75, 3.05) is 5.33 Å². The molecule has 0 heterocycles. The zero-order valence-corrected chi connectivity index (χ0v) is 18.2. The molecular formula is C23H39BrO. The lowest BCUT2D eigenvalue weighted by atomic mass is 9.47. The van der Waals surface area contributed by atoms with Crippen molar-refractivity contribution in [3.05, 3.63) is 0 Å². The summed E-state index contributed by atoms with van der Waals surface area (Å²) >= 11 is 3.80. The summed E-state index contributed by atoms with van der Waals surface area (Å²) in [5, 5.41) is 11.7. The maximum Gasteiger partial charge on any atom is 0.0622 e. The largest absolute Gasteiger partial charge is 0.390 e. The van der Waals surface area contributed by atoms with Crippen molar-refractivity contribution >= 4 is 15.9 Å². The molecule has 4 aliphatic carbocycles. The summed E-state index contributed by atoms with van der Waals surface area (Å²) in [6, 6.07) is 0. The van der Waals surface area contributed by atoms with E-state index in [1.165, 1.54) is 56.7 Å². The van der Waals surface area contributed by atoms with E-state index in [1.807, 2.05) is 0 Å². The zero-order valence-electron chi connectivity index (χ0n) is 16.6. The Labute approximate surface area is 163 Å². The molecule has 0 aromatic heterocycles. The third-order valence-corrected chi connectivity index (χ3v) is 10.6. The lowest BCUT2D eigenvalue weighted by molar-refractivity contribution is -0.107. The second-order valence-electron chi connectivity index (χ2n) is 10.6. The molecule has 4 fully saturated rings. The van der Waals surface area contributed by atoms with Gasteiger partial charge in [-0.3, -0.25) is 0 Å². The van der Waals surface area contributed by atoms with Crippen molar-refractivity contribution in [3.8, 4) is 0 Å². The van der Waals surface area contributed by atoms with Crippen LogP contribution >= 0.6 is 15.9 Å². The van der Waals surface area contributed by atoms with E-state index in [2.05, 4.69) is 36.7 Å². The fourth-order valence-corrected chi connectivity index (χ4v) is 9.04. The van der Waals surface area contributed by atoms with Crippen molar-refractivity contribution in [1.29, 1.82) is 0 Å². The highest BCUT2D eigenvalue weighted by Crippen LogP contribution is 2.67. The molecule has 0 radical (unpaired) electrons. The number of rotatable bonds is 3. The summed E-state index contributed by atoms with van der Waals surface area (Å²) in [7, 11) is 0. The van der Waals surface area contributed by atoms with E-state index < -0.39 is 0 Å². The molecule has 144 valence electrons. The number of fused-ring (bicyclic) bond motifs is 5. The van der Waals surface area contributed by atoms with Gasteiger partial charge in [0.2, 0.25) is 0 Å². The second kappa shape index (κ2) is 6.80. The van der Waals surface area contributed by atoms with Gasteiger partial charge in [-0.05, 0) is 118 Å². The van der Waals surface area contributed by atoms with Gasteiger partial charge >= 0.3 is 0 Å². The minimum absolute atomic E-state index is 0.375.